The molecule has 2 amide bonds. The highest BCUT2D eigenvalue weighted by atomic mass is 16.3. The van der Waals surface area contributed by atoms with Crippen LogP contribution in [0, 0.1) is 6.92 Å². The lowest BCUT2D eigenvalue weighted by atomic mass is 10.1. The summed E-state index contributed by atoms with van der Waals surface area (Å²) in [5, 5.41) is 6.51. The molecule has 0 unspecified atom stereocenters. The van der Waals surface area contributed by atoms with Crippen molar-refractivity contribution < 1.29 is 14.0 Å². The molecule has 2 N–H and O–H groups in total. The van der Waals surface area contributed by atoms with Gasteiger partial charge in [0.15, 0.2) is 5.76 Å². The molecular formula is C19H18N2O3. The molecule has 5 nitrogen and oxygen atoms in total. The van der Waals surface area contributed by atoms with Crippen molar-refractivity contribution in [2.75, 3.05) is 10.6 Å². The monoisotopic (exact) mass is 322 g/mol. The SMILES string of the molecule is CCC(=O)Nc1ccc(NC(=O)c2cc3ccccc3o2)c(C)c1. The summed E-state index contributed by atoms with van der Waals surface area (Å²) in [6, 6.07) is 14.5. The number of amides is 2. The Kier molecular flexibility index (Phi) is 4.33. The average Bonchev–Trinajstić information content (AvgIpc) is 3.01. The molecule has 0 spiro atoms. The van der Waals surface area contributed by atoms with E-state index in [0.717, 1.165) is 10.9 Å². The van der Waals surface area contributed by atoms with Gasteiger partial charge in [0.05, 0.1) is 0 Å². The number of benzene rings is 2. The van der Waals surface area contributed by atoms with Crippen LogP contribution >= 0.6 is 0 Å². The predicted octanol–water partition coefficient (Wildman–Crippen LogP) is 4.34. The van der Waals surface area contributed by atoms with E-state index in [9.17, 15) is 9.59 Å². The van der Waals surface area contributed by atoms with E-state index >= 15 is 0 Å². The van der Waals surface area contributed by atoms with Crippen LogP contribution in [0.3, 0.4) is 0 Å². The Morgan fingerprint density at radius 3 is 2.54 bits per heavy atom. The minimum absolute atomic E-state index is 0.0477. The summed E-state index contributed by atoms with van der Waals surface area (Å²) < 4.78 is 5.56. The number of aryl methyl sites for hydroxylation is 1. The van der Waals surface area contributed by atoms with Crippen molar-refractivity contribution in [1.29, 1.82) is 0 Å². The van der Waals surface area contributed by atoms with Crippen LogP contribution in [0.4, 0.5) is 11.4 Å². The molecule has 0 fully saturated rings. The first kappa shape index (κ1) is 15.8. The smallest absolute Gasteiger partial charge is 0.291 e. The number of carbonyl (C=O) groups is 2. The second-order valence-electron chi connectivity index (χ2n) is 5.53. The summed E-state index contributed by atoms with van der Waals surface area (Å²) >= 11 is 0. The van der Waals surface area contributed by atoms with Crippen LogP contribution < -0.4 is 10.6 Å². The zero-order chi connectivity index (χ0) is 17.1. The van der Waals surface area contributed by atoms with Crippen molar-refractivity contribution in [3.05, 3.63) is 59.9 Å². The van der Waals surface area contributed by atoms with Gasteiger partial charge in [0, 0.05) is 23.2 Å². The highest BCUT2D eigenvalue weighted by Crippen LogP contribution is 2.23. The minimum Gasteiger partial charge on any atom is -0.451 e. The lowest BCUT2D eigenvalue weighted by Crippen LogP contribution is -2.13. The normalized spacial score (nSPS) is 10.6. The third kappa shape index (κ3) is 3.30. The van der Waals surface area contributed by atoms with E-state index in [1.807, 2.05) is 37.3 Å². The van der Waals surface area contributed by atoms with Gasteiger partial charge >= 0.3 is 0 Å². The maximum Gasteiger partial charge on any atom is 0.291 e. The number of carbonyl (C=O) groups excluding carboxylic acids is 2. The molecule has 122 valence electrons. The summed E-state index contributed by atoms with van der Waals surface area (Å²) in [7, 11) is 0. The molecule has 5 heteroatoms. The lowest BCUT2D eigenvalue weighted by Gasteiger charge is -2.10. The summed E-state index contributed by atoms with van der Waals surface area (Å²) in [5.74, 6) is -0.0907. The fraction of sp³-hybridized carbons (Fsp3) is 0.158. The number of hydrogen-bond acceptors (Lipinski definition) is 3. The zero-order valence-electron chi connectivity index (χ0n) is 13.6. The van der Waals surface area contributed by atoms with E-state index in [1.165, 1.54) is 0 Å². The minimum atomic E-state index is -0.306. The lowest BCUT2D eigenvalue weighted by molar-refractivity contribution is -0.115. The summed E-state index contributed by atoms with van der Waals surface area (Å²) in [5.41, 5.74) is 2.92. The molecule has 0 saturated carbocycles. The topological polar surface area (TPSA) is 71.3 Å². The Bertz CT molecular complexity index is 879. The van der Waals surface area contributed by atoms with Crippen LogP contribution in [-0.2, 0) is 4.79 Å². The second kappa shape index (κ2) is 6.58. The highest BCUT2D eigenvalue weighted by molar-refractivity contribution is 6.05. The molecule has 0 aliphatic carbocycles. The van der Waals surface area contributed by atoms with Gasteiger partial charge in [-0.3, -0.25) is 9.59 Å². The van der Waals surface area contributed by atoms with Gasteiger partial charge in [-0.1, -0.05) is 25.1 Å². The number of para-hydroxylation sites is 1. The van der Waals surface area contributed by atoms with Gasteiger partial charge in [-0.25, -0.2) is 0 Å². The first-order chi connectivity index (χ1) is 11.6. The molecule has 0 saturated heterocycles. The molecule has 3 aromatic rings. The van der Waals surface area contributed by atoms with Gasteiger partial charge in [-0.2, -0.15) is 0 Å². The fourth-order valence-corrected chi connectivity index (χ4v) is 2.41. The predicted molar refractivity (Wildman–Crippen MR) is 94.3 cm³/mol. The van der Waals surface area contributed by atoms with E-state index in [4.69, 9.17) is 4.42 Å². The molecule has 0 aliphatic rings. The largest absolute Gasteiger partial charge is 0.451 e. The molecule has 0 radical (unpaired) electrons. The summed E-state index contributed by atoms with van der Waals surface area (Å²) in [6.07, 6.45) is 0.420. The molecule has 0 bridgehead atoms. The number of anilines is 2. The van der Waals surface area contributed by atoms with Crippen molar-refractivity contribution >= 4 is 34.2 Å². The highest BCUT2D eigenvalue weighted by Gasteiger charge is 2.13. The van der Waals surface area contributed by atoms with Crippen LogP contribution in [0.1, 0.15) is 29.5 Å². The first-order valence-corrected chi connectivity index (χ1v) is 7.77. The Labute approximate surface area is 139 Å². The quantitative estimate of drug-likeness (QED) is 0.750. The van der Waals surface area contributed by atoms with Crippen LogP contribution in [-0.4, -0.2) is 11.8 Å². The van der Waals surface area contributed by atoms with Crippen molar-refractivity contribution in [3.8, 4) is 0 Å². The van der Waals surface area contributed by atoms with E-state index in [-0.39, 0.29) is 17.6 Å². The molecule has 24 heavy (non-hydrogen) atoms. The number of furan rings is 1. The van der Waals surface area contributed by atoms with Gasteiger partial charge < -0.3 is 15.1 Å². The summed E-state index contributed by atoms with van der Waals surface area (Å²) in [4.78, 5) is 23.8. The number of nitrogens with one attached hydrogen (secondary N) is 2. The maximum atomic E-state index is 12.4. The van der Waals surface area contributed by atoms with Gasteiger partial charge in [0.2, 0.25) is 5.91 Å². The number of rotatable bonds is 4. The van der Waals surface area contributed by atoms with Crippen LogP contribution in [0.5, 0.6) is 0 Å². The standard InChI is InChI=1S/C19H18N2O3/c1-3-18(22)20-14-8-9-15(12(2)10-14)21-19(23)17-11-13-6-4-5-7-16(13)24-17/h4-11H,3H2,1-2H3,(H,20,22)(H,21,23). The van der Waals surface area contributed by atoms with Crippen LogP contribution in [0.2, 0.25) is 0 Å². The van der Waals surface area contributed by atoms with Crippen molar-refractivity contribution in [2.24, 2.45) is 0 Å². The van der Waals surface area contributed by atoms with Crippen LogP contribution in [0.15, 0.2) is 52.9 Å². The summed E-state index contributed by atoms with van der Waals surface area (Å²) in [6.45, 7) is 3.67. The molecule has 0 aliphatic heterocycles. The maximum absolute atomic E-state index is 12.4. The van der Waals surface area contributed by atoms with Crippen molar-refractivity contribution in [2.45, 2.75) is 20.3 Å². The average molecular weight is 322 g/mol. The van der Waals surface area contributed by atoms with E-state index in [2.05, 4.69) is 10.6 Å². The Hall–Kier alpha value is -3.08. The van der Waals surface area contributed by atoms with Gasteiger partial charge in [-0.05, 0) is 42.8 Å². The van der Waals surface area contributed by atoms with Crippen molar-refractivity contribution in [1.82, 2.24) is 0 Å². The van der Waals surface area contributed by atoms with Crippen LogP contribution in [0.25, 0.3) is 11.0 Å². The molecule has 1 aromatic heterocycles. The van der Waals surface area contributed by atoms with E-state index in [1.54, 1.807) is 25.1 Å². The Morgan fingerprint density at radius 1 is 1.04 bits per heavy atom. The molecule has 2 aromatic carbocycles. The number of hydrogen-bond donors (Lipinski definition) is 2. The van der Waals surface area contributed by atoms with Crippen molar-refractivity contribution in [3.63, 3.8) is 0 Å². The van der Waals surface area contributed by atoms with E-state index < -0.39 is 0 Å². The third-order valence-electron chi connectivity index (χ3n) is 3.73. The Balaban J connectivity index is 1.77. The molecule has 1 heterocycles. The van der Waals surface area contributed by atoms with Gasteiger partial charge in [0.1, 0.15) is 5.58 Å². The second-order valence-corrected chi connectivity index (χ2v) is 5.53. The fourth-order valence-electron chi connectivity index (χ4n) is 2.41. The first-order valence-electron chi connectivity index (χ1n) is 7.77. The third-order valence-corrected chi connectivity index (χ3v) is 3.73. The van der Waals surface area contributed by atoms with Gasteiger partial charge in [-0.15, -0.1) is 0 Å². The van der Waals surface area contributed by atoms with E-state index in [0.29, 0.717) is 23.4 Å². The zero-order valence-corrected chi connectivity index (χ0v) is 13.6. The number of fused-ring (bicyclic) bond motifs is 1. The molecule has 3 rings (SSSR count). The Morgan fingerprint density at radius 2 is 1.83 bits per heavy atom. The molecular weight excluding hydrogens is 304 g/mol. The molecule has 0 atom stereocenters. The van der Waals surface area contributed by atoms with Gasteiger partial charge in [0.25, 0.3) is 5.91 Å².